The van der Waals surface area contributed by atoms with E-state index in [2.05, 4.69) is 20.4 Å². The van der Waals surface area contributed by atoms with Gasteiger partial charge in [0.2, 0.25) is 11.7 Å². The van der Waals surface area contributed by atoms with Crippen LogP contribution in [0.15, 0.2) is 34.2 Å². The Labute approximate surface area is 142 Å². The lowest BCUT2D eigenvalue weighted by Crippen LogP contribution is -2.11. The summed E-state index contributed by atoms with van der Waals surface area (Å²) in [5.74, 6) is 1.49. The van der Waals surface area contributed by atoms with Crippen LogP contribution >= 0.6 is 11.3 Å². The second-order valence-electron chi connectivity index (χ2n) is 5.02. The van der Waals surface area contributed by atoms with Crippen LogP contribution in [0.1, 0.15) is 34.7 Å². The fourth-order valence-electron chi connectivity index (χ4n) is 1.92. The van der Waals surface area contributed by atoms with E-state index in [9.17, 15) is 4.79 Å². The normalized spacial score (nSPS) is 10.6. The van der Waals surface area contributed by atoms with E-state index in [1.807, 2.05) is 19.2 Å². The fraction of sp³-hybridized carbons (Fsp3) is 0.250. The van der Waals surface area contributed by atoms with Crippen LogP contribution in [0.25, 0.3) is 0 Å². The zero-order valence-corrected chi connectivity index (χ0v) is 14.1. The number of nitrogens with zero attached hydrogens (tertiary/aromatic N) is 3. The van der Waals surface area contributed by atoms with Gasteiger partial charge in [-0.1, -0.05) is 12.1 Å². The molecule has 3 aromatic rings. The zero-order chi connectivity index (χ0) is 16.9. The maximum atomic E-state index is 12.1. The van der Waals surface area contributed by atoms with Crippen LogP contribution < -0.4 is 10.1 Å². The molecule has 1 amide bonds. The second kappa shape index (κ2) is 7.22. The standard InChI is InChI=1S/C16H16N4O3S/c1-3-14-18-13(20-23-14)8-22-12-6-4-11(5-7-12)15(21)19-16-17-10(2)9-24-16/h4-7,9H,3,8H2,1-2H3,(H,17,19,21). The van der Waals surface area contributed by atoms with Gasteiger partial charge in [0, 0.05) is 17.4 Å². The van der Waals surface area contributed by atoms with Crippen LogP contribution in [0.2, 0.25) is 0 Å². The Hall–Kier alpha value is -2.74. The van der Waals surface area contributed by atoms with Gasteiger partial charge in [-0.15, -0.1) is 11.3 Å². The van der Waals surface area contributed by atoms with Crippen molar-refractivity contribution < 1.29 is 14.1 Å². The highest BCUT2D eigenvalue weighted by Crippen LogP contribution is 2.17. The first-order valence-electron chi connectivity index (χ1n) is 7.42. The van der Waals surface area contributed by atoms with Gasteiger partial charge < -0.3 is 9.26 Å². The molecule has 0 atom stereocenters. The van der Waals surface area contributed by atoms with Crippen molar-refractivity contribution in [2.24, 2.45) is 0 Å². The number of anilines is 1. The summed E-state index contributed by atoms with van der Waals surface area (Å²) in [6, 6.07) is 6.84. The minimum Gasteiger partial charge on any atom is -0.485 e. The Balaban J connectivity index is 1.57. The molecule has 3 rings (SSSR count). The molecule has 2 heterocycles. The lowest BCUT2D eigenvalue weighted by atomic mass is 10.2. The lowest BCUT2D eigenvalue weighted by molar-refractivity contribution is 0.102. The SMILES string of the molecule is CCc1nc(COc2ccc(C(=O)Nc3nc(C)cs3)cc2)no1. The molecule has 0 saturated heterocycles. The summed E-state index contributed by atoms with van der Waals surface area (Å²) >= 11 is 1.39. The molecule has 0 unspecified atom stereocenters. The third-order valence-electron chi connectivity index (χ3n) is 3.14. The Morgan fingerprint density at radius 1 is 1.29 bits per heavy atom. The topological polar surface area (TPSA) is 90.1 Å². The monoisotopic (exact) mass is 344 g/mol. The number of ether oxygens (including phenoxy) is 1. The van der Waals surface area contributed by atoms with Crippen molar-refractivity contribution in [1.29, 1.82) is 0 Å². The summed E-state index contributed by atoms with van der Waals surface area (Å²) in [6.45, 7) is 4.04. The van der Waals surface area contributed by atoms with Crippen molar-refractivity contribution in [1.82, 2.24) is 15.1 Å². The van der Waals surface area contributed by atoms with Crippen molar-refractivity contribution in [2.45, 2.75) is 26.9 Å². The van der Waals surface area contributed by atoms with Crippen molar-refractivity contribution in [3.05, 3.63) is 52.6 Å². The van der Waals surface area contributed by atoms with Crippen molar-refractivity contribution >= 4 is 22.4 Å². The first-order valence-corrected chi connectivity index (χ1v) is 8.30. The number of thiazole rings is 1. The smallest absolute Gasteiger partial charge is 0.257 e. The number of aryl methyl sites for hydroxylation is 2. The Morgan fingerprint density at radius 3 is 2.71 bits per heavy atom. The van der Waals surface area contributed by atoms with Crippen LogP contribution in [0, 0.1) is 6.92 Å². The van der Waals surface area contributed by atoms with Gasteiger partial charge >= 0.3 is 0 Å². The highest BCUT2D eigenvalue weighted by molar-refractivity contribution is 7.13. The van der Waals surface area contributed by atoms with Crippen LogP contribution in [-0.4, -0.2) is 21.0 Å². The molecule has 1 aromatic carbocycles. The summed E-state index contributed by atoms with van der Waals surface area (Å²) in [5.41, 5.74) is 1.41. The van der Waals surface area contributed by atoms with Crippen LogP contribution in [0.3, 0.4) is 0 Å². The van der Waals surface area contributed by atoms with E-state index in [0.29, 0.717) is 34.6 Å². The van der Waals surface area contributed by atoms with E-state index < -0.39 is 0 Å². The Kier molecular flexibility index (Phi) is 4.85. The number of aromatic nitrogens is 3. The van der Waals surface area contributed by atoms with E-state index in [0.717, 1.165) is 5.69 Å². The van der Waals surface area contributed by atoms with Crippen LogP contribution in [-0.2, 0) is 13.0 Å². The number of rotatable bonds is 6. The molecule has 124 valence electrons. The maximum Gasteiger partial charge on any atom is 0.257 e. The maximum absolute atomic E-state index is 12.1. The third kappa shape index (κ3) is 3.96. The van der Waals surface area contributed by atoms with Gasteiger partial charge in [-0.05, 0) is 31.2 Å². The number of carbonyl (C=O) groups is 1. The van der Waals surface area contributed by atoms with E-state index in [4.69, 9.17) is 9.26 Å². The first-order chi connectivity index (χ1) is 11.6. The van der Waals surface area contributed by atoms with E-state index >= 15 is 0 Å². The van der Waals surface area contributed by atoms with Gasteiger partial charge in [0.15, 0.2) is 11.7 Å². The molecule has 0 aliphatic carbocycles. The fourth-order valence-corrected chi connectivity index (χ4v) is 2.61. The van der Waals surface area contributed by atoms with Gasteiger partial charge in [-0.2, -0.15) is 4.98 Å². The average molecular weight is 344 g/mol. The summed E-state index contributed by atoms with van der Waals surface area (Å²) in [4.78, 5) is 20.5. The van der Waals surface area contributed by atoms with E-state index in [-0.39, 0.29) is 12.5 Å². The third-order valence-corrected chi connectivity index (χ3v) is 4.01. The lowest BCUT2D eigenvalue weighted by Gasteiger charge is -2.05. The molecular weight excluding hydrogens is 328 g/mol. The first kappa shape index (κ1) is 16.1. The van der Waals surface area contributed by atoms with Crippen molar-refractivity contribution in [3.8, 4) is 5.75 Å². The number of benzene rings is 1. The largest absolute Gasteiger partial charge is 0.485 e. The molecule has 0 radical (unpaired) electrons. The molecule has 0 aliphatic heterocycles. The van der Waals surface area contributed by atoms with Gasteiger partial charge in [-0.3, -0.25) is 10.1 Å². The molecule has 0 bridgehead atoms. The predicted molar refractivity (Wildman–Crippen MR) is 89.3 cm³/mol. The highest BCUT2D eigenvalue weighted by atomic mass is 32.1. The molecule has 7 nitrogen and oxygen atoms in total. The Bertz CT molecular complexity index is 826. The number of carbonyl (C=O) groups excluding carboxylic acids is 1. The van der Waals surface area contributed by atoms with Crippen LogP contribution in [0.5, 0.6) is 5.75 Å². The summed E-state index contributed by atoms with van der Waals surface area (Å²) in [5, 5.41) is 9.04. The molecular formula is C16H16N4O3S. The van der Waals surface area contributed by atoms with Gasteiger partial charge in [0.1, 0.15) is 5.75 Å². The van der Waals surface area contributed by atoms with Crippen molar-refractivity contribution in [2.75, 3.05) is 5.32 Å². The van der Waals surface area contributed by atoms with Gasteiger partial charge in [-0.25, -0.2) is 4.98 Å². The van der Waals surface area contributed by atoms with Gasteiger partial charge in [0.05, 0.1) is 5.69 Å². The molecule has 0 aliphatic rings. The summed E-state index contributed by atoms with van der Waals surface area (Å²) in [6.07, 6.45) is 0.690. The molecule has 2 aromatic heterocycles. The van der Waals surface area contributed by atoms with E-state index in [1.165, 1.54) is 11.3 Å². The number of hydrogen-bond donors (Lipinski definition) is 1. The van der Waals surface area contributed by atoms with Crippen molar-refractivity contribution in [3.63, 3.8) is 0 Å². The molecule has 1 N–H and O–H groups in total. The predicted octanol–water partition coefficient (Wildman–Crippen LogP) is 3.23. The number of nitrogens with one attached hydrogen (secondary N) is 1. The average Bonchev–Trinajstić information content (AvgIpc) is 3.22. The number of amides is 1. The molecule has 8 heteroatoms. The zero-order valence-electron chi connectivity index (χ0n) is 13.3. The number of hydrogen-bond acceptors (Lipinski definition) is 7. The second-order valence-corrected chi connectivity index (χ2v) is 5.88. The summed E-state index contributed by atoms with van der Waals surface area (Å²) in [7, 11) is 0. The molecule has 0 saturated carbocycles. The van der Waals surface area contributed by atoms with Crippen LogP contribution in [0.4, 0.5) is 5.13 Å². The minimum absolute atomic E-state index is 0.207. The molecule has 24 heavy (non-hydrogen) atoms. The molecule has 0 spiro atoms. The van der Waals surface area contributed by atoms with Gasteiger partial charge in [0.25, 0.3) is 5.91 Å². The van der Waals surface area contributed by atoms with E-state index in [1.54, 1.807) is 24.3 Å². The minimum atomic E-state index is -0.207. The quantitative estimate of drug-likeness (QED) is 0.738. The molecule has 0 fully saturated rings. The highest BCUT2D eigenvalue weighted by Gasteiger charge is 2.09. The summed E-state index contributed by atoms with van der Waals surface area (Å²) < 4.78 is 10.6. The Morgan fingerprint density at radius 2 is 2.08 bits per heavy atom.